The van der Waals surface area contributed by atoms with Gasteiger partial charge >= 0.3 is 6.18 Å². The van der Waals surface area contributed by atoms with Crippen LogP contribution in [0.2, 0.25) is 0 Å². The van der Waals surface area contributed by atoms with Crippen molar-refractivity contribution in [3.63, 3.8) is 0 Å². The minimum absolute atomic E-state index is 0.0914. The summed E-state index contributed by atoms with van der Waals surface area (Å²) < 4.78 is 80.2. The quantitative estimate of drug-likeness (QED) is 0.223. The monoisotopic (exact) mass is 573 g/mol. The molecule has 2 aromatic heterocycles. The van der Waals surface area contributed by atoms with Crippen LogP contribution >= 0.6 is 11.3 Å². The van der Waals surface area contributed by atoms with E-state index in [1.807, 2.05) is 4.57 Å². The van der Waals surface area contributed by atoms with Crippen molar-refractivity contribution >= 4 is 43.0 Å². The normalized spacial score (nSPS) is 14.2. The summed E-state index contributed by atoms with van der Waals surface area (Å²) in [6.07, 6.45) is -1.51. The van der Waals surface area contributed by atoms with Gasteiger partial charge in [0, 0.05) is 29.5 Å². The van der Waals surface area contributed by atoms with E-state index >= 15 is 4.39 Å². The summed E-state index contributed by atoms with van der Waals surface area (Å²) in [6.45, 7) is 0. The second kappa shape index (κ2) is 9.12. The fraction of sp³-hybridized carbons (Fsp3) is 0.192. The molecule has 1 N–H and O–H groups in total. The number of sulfone groups is 1. The van der Waals surface area contributed by atoms with Gasteiger partial charge in [0.15, 0.2) is 9.84 Å². The van der Waals surface area contributed by atoms with Gasteiger partial charge < -0.3 is 9.88 Å². The molecule has 6 rings (SSSR count). The minimum Gasteiger partial charge on any atom is -0.328 e. The Kier molecular flexibility index (Phi) is 5.95. The van der Waals surface area contributed by atoms with Gasteiger partial charge in [-0.2, -0.15) is 13.2 Å². The largest absolute Gasteiger partial charge is 0.416 e. The summed E-state index contributed by atoms with van der Waals surface area (Å²) >= 11 is 0.996. The number of nitrogens with zero attached hydrogens (tertiary/aromatic N) is 4. The van der Waals surface area contributed by atoms with Gasteiger partial charge in [-0.25, -0.2) is 17.8 Å². The molecule has 1 saturated carbocycles. The van der Waals surface area contributed by atoms with Crippen LogP contribution in [0.25, 0.3) is 33.0 Å². The Balaban J connectivity index is 1.33. The number of nitrogens with one attached hydrogen (secondary N) is 1. The molecule has 0 atom stereocenters. The average molecular weight is 574 g/mol. The van der Waals surface area contributed by atoms with Gasteiger partial charge in [-0.05, 0) is 55.3 Å². The molecule has 1 fully saturated rings. The highest BCUT2D eigenvalue weighted by Crippen LogP contribution is 2.42. The zero-order chi connectivity index (χ0) is 27.5. The molecule has 0 amide bonds. The van der Waals surface area contributed by atoms with E-state index in [-0.39, 0.29) is 32.3 Å². The second-order valence-corrected chi connectivity index (χ2v) is 12.3. The molecular weight excluding hydrogens is 554 g/mol. The standard InChI is InChI=1S/C26H19F4N5O2S2/c1-39(36,37)18-9-5-14(6-10-18)23-31-21-13-20(19(27)12-22(21)35(23)17-7-8-17)32-25-34-33-24(38-25)15-3-2-4-16(11-15)26(28,29)30/h2-6,9-13,17H,7-8H2,1H3,(H,32,34). The summed E-state index contributed by atoms with van der Waals surface area (Å²) in [5.41, 5.74) is 1.37. The van der Waals surface area contributed by atoms with E-state index in [2.05, 4.69) is 15.5 Å². The van der Waals surface area contributed by atoms with Crippen LogP contribution in [0.5, 0.6) is 0 Å². The summed E-state index contributed by atoms with van der Waals surface area (Å²) in [5.74, 6) is 0.0472. The fourth-order valence-corrected chi connectivity index (χ4v) is 5.69. The van der Waals surface area contributed by atoms with Crippen LogP contribution in [0.15, 0.2) is 65.6 Å². The highest BCUT2D eigenvalue weighted by atomic mass is 32.2. The molecule has 0 aliphatic heterocycles. The van der Waals surface area contributed by atoms with Gasteiger partial charge in [0.2, 0.25) is 5.13 Å². The smallest absolute Gasteiger partial charge is 0.328 e. The molecular formula is C26H19F4N5O2S2. The van der Waals surface area contributed by atoms with Gasteiger partial charge in [-0.15, -0.1) is 10.2 Å². The molecule has 2 heterocycles. The molecule has 1 aliphatic carbocycles. The van der Waals surface area contributed by atoms with Crippen LogP contribution in [0, 0.1) is 5.82 Å². The number of benzene rings is 3. The number of fused-ring (bicyclic) bond motifs is 1. The van der Waals surface area contributed by atoms with Crippen LogP contribution in [0.4, 0.5) is 28.4 Å². The van der Waals surface area contributed by atoms with Crippen molar-refractivity contribution in [2.75, 3.05) is 11.6 Å². The average Bonchev–Trinajstić information content (AvgIpc) is 3.50. The van der Waals surface area contributed by atoms with E-state index in [9.17, 15) is 21.6 Å². The number of hydrogen-bond acceptors (Lipinski definition) is 7. The lowest BCUT2D eigenvalue weighted by Gasteiger charge is -2.09. The summed E-state index contributed by atoms with van der Waals surface area (Å²) in [5, 5.41) is 11.3. The SMILES string of the molecule is CS(=O)(=O)c1ccc(-c2nc3cc(Nc4nnc(-c5cccc(C(F)(F)F)c5)s4)c(F)cc3n2C2CC2)cc1. The molecule has 0 unspecified atom stereocenters. The topological polar surface area (TPSA) is 89.8 Å². The van der Waals surface area contributed by atoms with Crippen LogP contribution in [0.1, 0.15) is 24.4 Å². The maximum Gasteiger partial charge on any atom is 0.416 e. The minimum atomic E-state index is -4.49. The third-order valence-corrected chi connectivity index (χ3v) is 8.35. The Morgan fingerprint density at radius 3 is 2.41 bits per heavy atom. The first-order valence-corrected chi connectivity index (χ1v) is 14.5. The molecule has 1 aliphatic rings. The number of hydrogen-bond donors (Lipinski definition) is 1. The number of aromatic nitrogens is 4. The molecule has 200 valence electrons. The first-order valence-electron chi connectivity index (χ1n) is 11.8. The van der Waals surface area contributed by atoms with E-state index in [1.54, 1.807) is 18.2 Å². The van der Waals surface area contributed by atoms with E-state index in [1.165, 1.54) is 30.3 Å². The highest BCUT2D eigenvalue weighted by Gasteiger charge is 2.31. The lowest BCUT2D eigenvalue weighted by molar-refractivity contribution is -0.137. The molecule has 0 radical (unpaired) electrons. The van der Waals surface area contributed by atoms with Gasteiger partial charge in [0.25, 0.3) is 0 Å². The van der Waals surface area contributed by atoms with Crippen molar-refractivity contribution < 1.29 is 26.0 Å². The zero-order valence-electron chi connectivity index (χ0n) is 20.2. The molecule has 3 aromatic carbocycles. The highest BCUT2D eigenvalue weighted by molar-refractivity contribution is 7.90. The third kappa shape index (κ3) is 4.99. The Hall–Kier alpha value is -3.84. The molecule has 7 nitrogen and oxygen atoms in total. The van der Waals surface area contributed by atoms with Gasteiger partial charge in [0.1, 0.15) is 16.6 Å². The Morgan fingerprint density at radius 2 is 1.74 bits per heavy atom. The number of imidazole rings is 1. The van der Waals surface area contributed by atoms with Crippen molar-refractivity contribution in [2.24, 2.45) is 0 Å². The second-order valence-electron chi connectivity index (χ2n) is 9.27. The van der Waals surface area contributed by atoms with E-state index in [4.69, 9.17) is 4.98 Å². The fourth-order valence-electron chi connectivity index (χ4n) is 4.30. The lowest BCUT2D eigenvalue weighted by atomic mass is 10.1. The van der Waals surface area contributed by atoms with Crippen LogP contribution < -0.4 is 5.32 Å². The van der Waals surface area contributed by atoms with Crippen molar-refractivity contribution in [1.82, 2.24) is 19.7 Å². The third-order valence-electron chi connectivity index (χ3n) is 6.33. The first kappa shape index (κ1) is 25.4. The van der Waals surface area contributed by atoms with Crippen LogP contribution in [-0.4, -0.2) is 34.4 Å². The zero-order valence-corrected chi connectivity index (χ0v) is 21.8. The molecule has 0 spiro atoms. The van der Waals surface area contributed by atoms with Crippen molar-refractivity contribution in [2.45, 2.75) is 30.0 Å². The van der Waals surface area contributed by atoms with Gasteiger partial charge in [-0.3, -0.25) is 0 Å². The number of halogens is 4. The number of anilines is 2. The van der Waals surface area contributed by atoms with Crippen LogP contribution in [-0.2, 0) is 16.0 Å². The summed E-state index contributed by atoms with van der Waals surface area (Å²) in [6, 6.07) is 14.3. The van der Waals surface area contributed by atoms with E-state index in [0.29, 0.717) is 22.4 Å². The molecule has 5 aromatic rings. The Morgan fingerprint density at radius 1 is 1.00 bits per heavy atom. The lowest BCUT2D eigenvalue weighted by Crippen LogP contribution is -2.04. The first-order chi connectivity index (χ1) is 18.5. The number of alkyl halides is 3. The predicted molar refractivity (Wildman–Crippen MR) is 140 cm³/mol. The van der Waals surface area contributed by atoms with Gasteiger partial charge in [0.05, 0.1) is 27.2 Å². The summed E-state index contributed by atoms with van der Waals surface area (Å²) in [7, 11) is -3.35. The van der Waals surface area contributed by atoms with Crippen molar-refractivity contribution in [3.05, 3.63) is 72.0 Å². The molecule has 0 saturated heterocycles. The Bertz CT molecular complexity index is 1830. The maximum atomic E-state index is 15.2. The van der Waals surface area contributed by atoms with Crippen molar-refractivity contribution in [1.29, 1.82) is 0 Å². The van der Waals surface area contributed by atoms with Crippen molar-refractivity contribution in [3.8, 4) is 22.0 Å². The van der Waals surface area contributed by atoms with Crippen LogP contribution in [0.3, 0.4) is 0 Å². The Labute approximate surface area is 224 Å². The number of rotatable bonds is 6. The molecule has 13 heteroatoms. The maximum absolute atomic E-state index is 15.2. The van der Waals surface area contributed by atoms with E-state index < -0.39 is 27.4 Å². The van der Waals surface area contributed by atoms with Gasteiger partial charge in [-0.1, -0.05) is 23.5 Å². The predicted octanol–water partition coefficient (Wildman–Crippen LogP) is 6.86. The van der Waals surface area contributed by atoms with E-state index in [0.717, 1.165) is 42.6 Å². The molecule has 39 heavy (non-hydrogen) atoms. The molecule has 0 bridgehead atoms. The summed E-state index contributed by atoms with van der Waals surface area (Å²) in [4.78, 5) is 4.93.